The van der Waals surface area contributed by atoms with E-state index in [9.17, 15) is 9.59 Å². The molecule has 2 aliphatic rings. The van der Waals surface area contributed by atoms with Gasteiger partial charge in [0.2, 0.25) is 0 Å². The van der Waals surface area contributed by atoms with Gasteiger partial charge in [0.15, 0.2) is 11.5 Å². The number of hydrogen-bond donors (Lipinski definition) is 1. The fourth-order valence-electron chi connectivity index (χ4n) is 4.47. The lowest BCUT2D eigenvalue weighted by molar-refractivity contribution is -0.152. The normalized spacial score (nSPS) is 23.2. The summed E-state index contributed by atoms with van der Waals surface area (Å²) in [7, 11) is 3.25. The van der Waals surface area contributed by atoms with Crippen molar-refractivity contribution in [3.05, 3.63) is 23.3 Å². The quantitative estimate of drug-likeness (QED) is 0.713. The molecule has 1 saturated heterocycles. The van der Waals surface area contributed by atoms with Crippen molar-refractivity contribution in [3.8, 4) is 11.5 Å². The molecule has 2 aliphatic heterocycles. The molecule has 172 valence electrons. The van der Waals surface area contributed by atoms with Gasteiger partial charge in [0, 0.05) is 25.2 Å². The predicted octanol–water partition coefficient (Wildman–Crippen LogP) is 3.08. The average molecular weight is 435 g/mol. The second-order valence-electron chi connectivity index (χ2n) is 9.01. The van der Waals surface area contributed by atoms with Crippen LogP contribution in [0.5, 0.6) is 11.5 Å². The Morgan fingerprint density at radius 3 is 2.45 bits per heavy atom. The lowest BCUT2D eigenvalue weighted by Crippen LogP contribution is -2.56. The number of amides is 1. The maximum Gasteiger partial charge on any atom is 0.407 e. The van der Waals surface area contributed by atoms with Crippen molar-refractivity contribution in [1.29, 1.82) is 0 Å². The third kappa shape index (κ3) is 5.23. The highest BCUT2D eigenvalue weighted by molar-refractivity contribution is 5.76. The Kier molecular flexibility index (Phi) is 6.99. The molecule has 0 radical (unpaired) electrons. The van der Waals surface area contributed by atoms with Crippen molar-refractivity contribution < 1.29 is 28.5 Å². The van der Waals surface area contributed by atoms with E-state index in [4.69, 9.17) is 18.9 Å². The van der Waals surface area contributed by atoms with E-state index in [0.29, 0.717) is 31.1 Å². The van der Waals surface area contributed by atoms with Crippen molar-refractivity contribution in [2.24, 2.45) is 5.92 Å². The van der Waals surface area contributed by atoms with E-state index >= 15 is 0 Å². The SMILES string of the molecule is CCOC(=O)[C@H]1CN2CCc3cc(OC)c(OC)cc3[C@@H]2C[C@H]1NC(=O)OC(C)(C)C. The molecule has 8 heteroatoms. The number of nitrogens with zero attached hydrogens (tertiary/aromatic N) is 1. The van der Waals surface area contributed by atoms with Gasteiger partial charge in [-0.25, -0.2) is 4.79 Å². The molecule has 3 rings (SSSR count). The molecular formula is C23H34N2O6. The Morgan fingerprint density at radius 1 is 1.16 bits per heavy atom. The Hall–Kier alpha value is -2.48. The van der Waals surface area contributed by atoms with E-state index in [1.807, 2.05) is 32.9 Å². The van der Waals surface area contributed by atoms with Gasteiger partial charge in [-0.1, -0.05) is 0 Å². The molecule has 0 spiro atoms. The molecule has 0 unspecified atom stereocenters. The van der Waals surface area contributed by atoms with Crippen LogP contribution >= 0.6 is 0 Å². The number of esters is 1. The van der Waals surface area contributed by atoms with E-state index in [0.717, 1.165) is 18.5 Å². The van der Waals surface area contributed by atoms with Gasteiger partial charge in [-0.2, -0.15) is 0 Å². The molecular weight excluding hydrogens is 400 g/mol. The molecule has 3 atom stereocenters. The number of alkyl carbamates (subject to hydrolysis) is 1. The Labute approximate surface area is 184 Å². The number of piperidine rings is 1. The maximum atomic E-state index is 12.7. The number of nitrogens with one attached hydrogen (secondary N) is 1. The van der Waals surface area contributed by atoms with Gasteiger partial charge >= 0.3 is 12.1 Å². The van der Waals surface area contributed by atoms with E-state index in [1.54, 1.807) is 21.1 Å². The first-order valence-electron chi connectivity index (χ1n) is 10.8. The fourth-order valence-corrected chi connectivity index (χ4v) is 4.47. The minimum absolute atomic E-state index is 0.0502. The molecule has 0 saturated carbocycles. The number of carbonyl (C=O) groups excluding carboxylic acids is 2. The van der Waals surface area contributed by atoms with Crippen molar-refractivity contribution in [2.75, 3.05) is 33.9 Å². The van der Waals surface area contributed by atoms with Crippen LogP contribution in [-0.2, 0) is 20.7 Å². The Balaban J connectivity index is 1.89. The van der Waals surface area contributed by atoms with Gasteiger partial charge < -0.3 is 24.3 Å². The third-order valence-corrected chi connectivity index (χ3v) is 5.80. The number of methoxy groups -OCH3 is 2. The van der Waals surface area contributed by atoms with Gasteiger partial charge in [-0.05, 0) is 63.8 Å². The summed E-state index contributed by atoms with van der Waals surface area (Å²) in [5.74, 6) is 0.635. The topological polar surface area (TPSA) is 86.3 Å². The van der Waals surface area contributed by atoms with Crippen LogP contribution in [0.4, 0.5) is 4.79 Å². The monoisotopic (exact) mass is 434 g/mol. The van der Waals surface area contributed by atoms with Crippen LogP contribution in [0.25, 0.3) is 0 Å². The summed E-state index contributed by atoms with van der Waals surface area (Å²) >= 11 is 0. The van der Waals surface area contributed by atoms with Crippen LogP contribution in [0.15, 0.2) is 12.1 Å². The van der Waals surface area contributed by atoms with Gasteiger partial charge in [0.25, 0.3) is 0 Å². The zero-order valence-electron chi connectivity index (χ0n) is 19.3. The highest BCUT2D eigenvalue weighted by Gasteiger charge is 2.44. The third-order valence-electron chi connectivity index (χ3n) is 5.80. The summed E-state index contributed by atoms with van der Waals surface area (Å²) in [4.78, 5) is 27.5. The average Bonchev–Trinajstić information content (AvgIpc) is 2.70. The van der Waals surface area contributed by atoms with Crippen LogP contribution in [0, 0.1) is 5.92 Å². The second kappa shape index (κ2) is 9.34. The van der Waals surface area contributed by atoms with E-state index in [1.165, 1.54) is 5.56 Å². The summed E-state index contributed by atoms with van der Waals surface area (Å²) in [6.45, 7) is 8.87. The lowest BCUT2D eigenvalue weighted by atomic mass is 9.80. The first-order chi connectivity index (χ1) is 14.7. The number of carbonyl (C=O) groups is 2. The van der Waals surface area contributed by atoms with Crippen LogP contribution in [-0.4, -0.2) is 62.5 Å². The maximum absolute atomic E-state index is 12.7. The van der Waals surface area contributed by atoms with E-state index in [-0.39, 0.29) is 12.0 Å². The van der Waals surface area contributed by atoms with Gasteiger partial charge in [-0.15, -0.1) is 0 Å². The van der Waals surface area contributed by atoms with Gasteiger partial charge in [0.05, 0.1) is 26.7 Å². The van der Waals surface area contributed by atoms with Gasteiger partial charge in [-0.3, -0.25) is 9.69 Å². The summed E-state index contributed by atoms with van der Waals surface area (Å²) in [6.07, 6.45) is 0.903. The minimum atomic E-state index is -0.619. The molecule has 1 fully saturated rings. The smallest absolute Gasteiger partial charge is 0.407 e. The molecule has 1 N–H and O–H groups in total. The molecule has 0 aliphatic carbocycles. The van der Waals surface area contributed by atoms with Crippen molar-refractivity contribution in [1.82, 2.24) is 10.2 Å². The van der Waals surface area contributed by atoms with Crippen molar-refractivity contribution in [2.45, 2.75) is 58.2 Å². The number of benzene rings is 1. The molecule has 2 heterocycles. The second-order valence-corrected chi connectivity index (χ2v) is 9.01. The number of fused-ring (bicyclic) bond motifs is 3. The highest BCUT2D eigenvalue weighted by atomic mass is 16.6. The fraction of sp³-hybridized carbons (Fsp3) is 0.652. The van der Waals surface area contributed by atoms with Crippen molar-refractivity contribution >= 4 is 12.1 Å². The summed E-state index contributed by atoms with van der Waals surface area (Å²) in [5.41, 5.74) is 1.72. The van der Waals surface area contributed by atoms with Crippen LogP contribution in [0.3, 0.4) is 0 Å². The van der Waals surface area contributed by atoms with E-state index < -0.39 is 23.7 Å². The molecule has 0 bridgehead atoms. The van der Waals surface area contributed by atoms with E-state index in [2.05, 4.69) is 10.2 Å². The number of ether oxygens (including phenoxy) is 4. The van der Waals surface area contributed by atoms with Crippen LogP contribution < -0.4 is 14.8 Å². The zero-order chi connectivity index (χ0) is 22.8. The van der Waals surface area contributed by atoms with Gasteiger partial charge in [0.1, 0.15) is 5.60 Å². The standard InChI is InChI=1S/C23H34N2O6/c1-7-30-21(26)16-13-25-9-8-14-10-19(28-5)20(29-6)11-15(14)18(25)12-17(16)24-22(27)31-23(2,3)4/h10-11,16-18H,7-9,12-13H2,1-6H3,(H,24,27)/t16-,17+,18-/m0/s1. The lowest BCUT2D eigenvalue weighted by Gasteiger charge is -2.46. The molecule has 1 amide bonds. The molecule has 1 aromatic rings. The summed E-state index contributed by atoms with van der Waals surface area (Å²) in [5, 5.41) is 2.94. The summed E-state index contributed by atoms with van der Waals surface area (Å²) < 4.78 is 21.7. The largest absolute Gasteiger partial charge is 0.493 e. The van der Waals surface area contributed by atoms with Crippen LogP contribution in [0.2, 0.25) is 0 Å². The number of rotatable bonds is 5. The molecule has 8 nitrogen and oxygen atoms in total. The molecule has 1 aromatic carbocycles. The zero-order valence-corrected chi connectivity index (χ0v) is 19.3. The minimum Gasteiger partial charge on any atom is -0.493 e. The predicted molar refractivity (Wildman–Crippen MR) is 115 cm³/mol. The highest BCUT2D eigenvalue weighted by Crippen LogP contribution is 2.43. The number of hydrogen-bond acceptors (Lipinski definition) is 7. The molecule has 0 aromatic heterocycles. The van der Waals surface area contributed by atoms with Crippen molar-refractivity contribution in [3.63, 3.8) is 0 Å². The first kappa shape index (κ1) is 23.2. The molecule has 31 heavy (non-hydrogen) atoms. The first-order valence-corrected chi connectivity index (χ1v) is 10.8. The Bertz CT molecular complexity index is 819. The Morgan fingerprint density at radius 2 is 1.84 bits per heavy atom. The summed E-state index contributed by atoms with van der Waals surface area (Å²) in [6, 6.07) is 3.70. The van der Waals surface area contributed by atoms with Crippen LogP contribution in [0.1, 0.15) is 51.3 Å².